The topological polar surface area (TPSA) is 46.0 Å². The Bertz CT molecular complexity index is 575. The van der Waals surface area contributed by atoms with Gasteiger partial charge in [-0.05, 0) is 51.6 Å². The molecule has 1 aliphatic rings. The first kappa shape index (κ1) is 14.1. The largest absolute Gasteiger partial charge is 0.382 e. The molecule has 21 heavy (non-hydrogen) atoms. The molecule has 1 saturated heterocycles. The Kier molecular flexibility index (Phi) is 4.20. The zero-order valence-electron chi connectivity index (χ0n) is 12.8. The number of anilines is 1. The van der Waals surface area contributed by atoms with Crippen molar-refractivity contribution in [2.45, 2.75) is 32.4 Å². The Morgan fingerprint density at radius 2 is 2.24 bits per heavy atom. The minimum absolute atomic E-state index is 0.492. The number of hydrogen-bond acceptors (Lipinski definition) is 4. The summed E-state index contributed by atoms with van der Waals surface area (Å²) in [5.74, 6) is 0. The summed E-state index contributed by atoms with van der Waals surface area (Å²) in [6.45, 7) is 4.90. The number of nitrogens with one attached hydrogen (secondary N) is 1. The van der Waals surface area contributed by atoms with Gasteiger partial charge in [0.05, 0.1) is 35.9 Å². The predicted molar refractivity (Wildman–Crippen MR) is 84.3 cm³/mol. The molecule has 1 fully saturated rings. The van der Waals surface area contributed by atoms with Gasteiger partial charge in [0.2, 0.25) is 0 Å². The van der Waals surface area contributed by atoms with Gasteiger partial charge in [-0.2, -0.15) is 5.10 Å². The maximum atomic E-state index is 4.61. The van der Waals surface area contributed by atoms with E-state index in [4.69, 9.17) is 0 Å². The summed E-state index contributed by atoms with van der Waals surface area (Å²) in [4.78, 5) is 7.00. The summed E-state index contributed by atoms with van der Waals surface area (Å²) in [6, 6.07) is 6.79. The molecule has 2 aromatic rings. The van der Waals surface area contributed by atoms with Crippen LogP contribution in [0.5, 0.6) is 0 Å². The maximum absolute atomic E-state index is 4.61. The summed E-state index contributed by atoms with van der Waals surface area (Å²) in [5, 5.41) is 7.77. The van der Waals surface area contributed by atoms with Crippen molar-refractivity contribution in [2.75, 3.05) is 25.5 Å². The fraction of sp³-hybridized carbons (Fsp3) is 0.500. The Morgan fingerprint density at radius 3 is 2.86 bits per heavy atom. The second kappa shape index (κ2) is 6.26. The van der Waals surface area contributed by atoms with Gasteiger partial charge in [0.25, 0.3) is 0 Å². The number of aryl methyl sites for hydroxylation is 1. The molecule has 0 aromatic carbocycles. The minimum Gasteiger partial charge on any atom is -0.382 e. The van der Waals surface area contributed by atoms with E-state index < -0.39 is 0 Å². The molecular weight excluding hydrogens is 262 g/mol. The number of rotatable bonds is 5. The first-order valence-corrected chi connectivity index (χ1v) is 7.62. The fourth-order valence-electron chi connectivity index (χ4n) is 2.89. The quantitative estimate of drug-likeness (QED) is 0.916. The van der Waals surface area contributed by atoms with Gasteiger partial charge in [0.1, 0.15) is 0 Å². The van der Waals surface area contributed by atoms with E-state index in [2.05, 4.69) is 39.5 Å². The molecule has 1 N–H and O–H groups in total. The van der Waals surface area contributed by atoms with Gasteiger partial charge in [-0.3, -0.25) is 14.6 Å². The summed E-state index contributed by atoms with van der Waals surface area (Å²) in [6.07, 6.45) is 6.44. The molecule has 0 aliphatic carbocycles. The lowest BCUT2D eigenvalue weighted by Gasteiger charge is -2.18. The third-order valence-corrected chi connectivity index (χ3v) is 4.09. The second-order valence-corrected chi connectivity index (χ2v) is 5.76. The summed E-state index contributed by atoms with van der Waals surface area (Å²) < 4.78 is 1.96. The van der Waals surface area contributed by atoms with Crippen molar-refractivity contribution in [3.8, 4) is 0 Å². The minimum atomic E-state index is 0.492. The van der Waals surface area contributed by atoms with Crippen LogP contribution >= 0.6 is 0 Å². The van der Waals surface area contributed by atoms with Gasteiger partial charge in [-0.1, -0.05) is 0 Å². The smallest absolute Gasteiger partial charge is 0.0593 e. The van der Waals surface area contributed by atoms with Gasteiger partial charge in [0, 0.05) is 12.7 Å². The Hall–Kier alpha value is -1.88. The van der Waals surface area contributed by atoms with Gasteiger partial charge in [-0.25, -0.2) is 0 Å². The van der Waals surface area contributed by atoms with E-state index in [1.807, 2.05) is 30.1 Å². The average Bonchev–Trinajstić information content (AvgIpc) is 3.09. The van der Waals surface area contributed by atoms with Crippen LogP contribution in [0.1, 0.15) is 30.3 Å². The summed E-state index contributed by atoms with van der Waals surface area (Å²) in [5.41, 5.74) is 3.31. The molecule has 0 saturated carbocycles. The van der Waals surface area contributed by atoms with Gasteiger partial charge >= 0.3 is 0 Å². The van der Waals surface area contributed by atoms with Crippen LogP contribution in [0, 0.1) is 6.92 Å². The first-order chi connectivity index (χ1) is 10.2. The molecule has 5 nitrogen and oxygen atoms in total. The molecule has 0 radical (unpaired) electrons. The van der Waals surface area contributed by atoms with E-state index in [0.717, 1.165) is 24.5 Å². The fourth-order valence-corrected chi connectivity index (χ4v) is 2.89. The van der Waals surface area contributed by atoms with Crippen molar-refractivity contribution in [3.63, 3.8) is 0 Å². The second-order valence-electron chi connectivity index (χ2n) is 5.76. The van der Waals surface area contributed by atoms with Crippen LogP contribution in [-0.2, 0) is 6.54 Å². The highest BCUT2D eigenvalue weighted by atomic mass is 15.3. The van der Waals surface area contributed by atoms with Gasteiger partial charge in [0.15, 0.2) is 0 Å². The van der Waals surface area contributed by atoms with Crippen molar-refractivity contribution in [2.24, 2.45) is 0 Å². The average molecular weight is 285 g/mol. The molecule has 3 heterocycles. The number of hydrogen-bond donors (Lipinski definition) is 1. The molecule has 112 valence electrons. The van der Waals surface area contributed by atoms with E-state index in [9.17, 15) is 0 Å². The summed E-state index contributed by atoms with van der Waals surface area (Å²) >= 11 is 0. The van der Waals surface area contributed by atoms with Crippen molar-refractivity contribution in [1.82, 2.24) is 19.7 Å². The third-order valence-electron chi connectivity index (χ3n) is 4.09. The summed E-state index contributed by atoms with van der Waals surface area (Å²) in [7, 11) is 2.18. The number of pyridine rings is 1. The van der Waals surface area contributed by atoms with Crippen LogP contribution in [0.4, 0.5) is 5.69 Å². The van der Waals surface area contributed by atoms with Crippen LogP contribution in [-0.4, -0.2) is 39.8 Å². The molecule has 5 heteroatoms. The van der Waals surface area contributed by atoms with Crippen LogP contribution in [0.3, 0.4) is 0 Å². The van der Waals surface area contributed by atoms with E-state index in [-0.39, 0.29) is 0 Å². The zero-order valence-corrected chi connectivity index (χ0v) is 12.8. The van der Waals surface area contributed by atoms with Crippen LogP contribution < -0.4 is 5.32 Å². The van der Waals surface area contributed by atoms with Crippen molar-refractivity contribution >= 4 is 5.69 Å². The number of nitrogens with zero attached hydrogens (tertiary/aromatic N) is 4. The highest BCUT2D eigenvalue weighted by Gasteiger charge is 2.23. The highest BCUT2D eigenvalue weighted by molar-refractivity contribution is 5.41. The van der Waals surface area contributed by atoms with E-state index in [1.165, 1.54) is 25.1 Å². The van der Waals surface area contributed by atoms with Crippen molar-refractivity contribution < 1.29 is 0 Å². The van der Waals surface area contributed by atoms with Crippen molar-refractivity contribution in [3.05, 3.63) is 42.0 Å². The maximum Gasteiger partial charge on any atom is 0.0593 e. The first-order valence-electron chi connectivity index (χ1n) is 7.62. The monoisotopic (exact) mass is 285 g/mol. The Morgan fingerprint density at radius 1 is 1.33 bits per heavy atom. The zero-order chi connectivity index (χ0) is 14.7. The van der Waals surface area contributed by atoms with Crippen LogP contribution in [0.2, 0.25) is 0 Å². The lowest BCUT2D eigenvalue weighted by atomic mass is 10.1. The molecule has 0 amide bonds. The SMILES string of the molecule is Cc1ccn(CCNc2ccc([C@@H]3CCCN3C)nc2)n1. The third kappa shape index (κ3) is 3.42. The highest BCUT2D eigenvalue weighted by Crippen LogP contribution is 2.29. The van der Waals surface area contributed by atoms with Crippen LogP contribution in [0.15, 0.2) is 30.6 Å². The van der Waals surface area contributed by atoms with Gasteiger partial charge < -0.3 is 5.32 Å². The molecule has 0 bridgehead atoms. The van der Waals surface area contributed by atoms with E-state index in [0.29, 0.717) is 6.04 Å². The molecule has 0 spiro atoms. The van der Waals surface area contributed by atoms with Crippen LogP contribution in [0.25, 0.3) is 0 Å². The van der Waals surface area contributed by atoms with Crippen molar-refractivity contribution in [1.29, 1.82) is 0 Å². The molecule has 1 aliphatic heterocycles. The molecular formula is C16H23N5. The molecule has 3 rings (SSSR count). The normalized spacial score (nSPS) is 19.0. The Balaban J connectivity index is 1.52. The number of aromatic nitrogens is 3. The predicted octanol–water partition coefficient (Wildman–Crippen LogP) is 2.47. The lowest BCUT2D eigenvalue weighted by Crippen LogP contribution is -2.18. The molecule has 0 unspecified atom stereocenters. The number of likely N-dealkylation sites (tertiary alicyclic amines) is 1. The van der Waals surface area contributed by atoms with E-state index >= 15 is 0 Å². The molecule has 2 aromatic heterocycles. The standard InChI is InChI=1S/C16H23N5/c1-13-7-10-21(19-13)11-8-17-14-5-6-15(18-12-14)16-4-3-9-20(16)2/h5-7,10,12,16-17H,3-4,8-9,11H2,1-2H3/t16-/m0/s1. The van der Waals surface area contributed by atoms with E-state index in [1.54, 1.807) is 0 Å². The van der Waals surface area contributed by atoms with Gasteiger partial charge in [-0.15, -0.1) is 0 Å². The molecule has 1 atom stereocenters. The lowest BCUT2D eigenvalue weighted by molar-refractivity contribution is 0.312. The Labute approximate surface area is 126 Å².